The van der Waals surface area contributed by atoms with Gasteiger partial charge in [-0.15, -0.1) is 0 Å². The van der Waals surface area contributed by atoms with Gasteiger partial charge in [-0.05, 0) is 46.5 Å². The summed E-state index contributed by atoms with van der Waals surface area (Å²) >= 11 is 0. The van der Waals surface area contributed by atoms with Gasteiger partial charge in [0.05, 0.1) is 6.54 Å². The summed E-state index contributed by atoms with van der Waals surface area (Å²) in [6.07, 6.45) is 2.77. The summed E-state index contributed by atoms with van der Waals surface area (Å²) in [6, 6.07) is 0.0521. The first-order valence-electron chi connectivity index (χ1n) is 7.85. The second-order valence-electron chi connectivity index (χ2n) is 7.34. The van der Waals surface area contributed by atoms with E-state index in [4.69, 9.17) is 9.84 Å². The molecule has 2 atom stereocenters. The lowest BCUT2D eigenvalue weighted by Crippen LogP contribution is -2.54. The highest BCUT2D eigenvalue weighted by molar-refractivity contribution is 5.69. The summed E-state index contributed by atoms with van der Waals surface area (Å²) in [7, 11) is 0. The Hall–Kier alpha value is -0.950. The fourth-order valence-electron chi connectivity index (χ4n) is 3.31. The van der Waals surface area contributed by atoms with E-state index >= 15 is 0 Å². The topological polar surface area (TPSA) is 61.8 Å². The summed E-state index contributed by atoms with van der Waals surface area (Å²) in [4.78, 5) is 14.1. The number of hydrogen-bond acceptors (Lipinski definition) is 4. The number of ether oxygens (including phenoxy) is 1. The van der Waals surface area contributed by atoms with Crippen LogP contribution in [0.3, 0.4) is 0 Å². The van der Waals surface area contributed by atoms with E-state index in [1.807, 2.05) is 20.8 Å². The Morgan fingerprint density at radius 3 is 2.27 bits per heavy atom. The molecule has 0 spiro atoms. The average Bonchev–Trinajstić information content (AvgIpc) is 2.66. The maximum Gasteiger partial charge on any atom is 0.410 e. The molecular weight excluding hydrogens is 294 g/mol. The van der Waals surface area contributed by atoms with Crippen molar-refractivity contribution >= 4 is 6.09 Å². The van der Waals surface area contributed by atoms with Gasteiger partial charge in [0.2, 0.25) is 0 Å². The van der Waals surface area contributed by atoms with Crippen LogP contribution in [0.4, 0.5) is 13.6 Å². The van der Waals surface area contributed by atoms with Crippen molar-refractivity contribution in [3.63, 3.8) is 0 Å². The fourth-order valence-corrected chi connectivity index (χ4v) is 3.31. The monoisotopic (exact) mass is 320 g/mol. The van der Waals surface area contributed by atoms with E-state index in [0.717, 1.165) is 12.8 Å². The molecule has 2 heterocycles. The number of carbonyl (C=O) groups is 1. The summed E-state index contributed by atoms with van der Waals surface area (Å²) in [5, 5.41) is 11.4. The van der Waals surface area contributed by atoms with Gasteiger partial charge in [-0.25, -0.2) is 13.6 Å². The molecule has 22 heavy (non-hydrogen) atoms. The molecular formula is C15H26F2N2O3. The Morgan fingerprint density at radius 2 is 1.82 bits per heavy atom. The van der Waals surface area contributed by atoms with Crippen molar-refractivity contribution in [2.45, 2.75) is 76.1 Å². The molecule has 0 radical (unpaired) electrons. The van der Waals surface area contributed by atoms with Gasteiger partial charge < -0.3 is 20.1 Å². The van der Waals surface area contributed by atoms with Crippen molar-refractivity contribution in [2.24, 2.45) is 0 Å². The second kappa shape index (κ2) is 6.28. The van der Waals surface area contributed by atoms with E-state index in [1.54, 1.807) is 4.90 Å². The predicted molar refractivity (Wildman–Crippen MR) is 77.9 cm³/mol. The van der Waals surface area contributed by atoms with E-state index in [0.29, 0.717) is 12.8 Å². The van der Waals surface area contributed by atoms with Crippen LogP contribution in [0.15, 0.2) is 0 Å². The number of piperidine rings is 1. The van der Waals surface area contributed by atoms with Crippen molar-refractivity contribution in [1.29, 1.82) is 0 Å². The Morgan fingerprint density at radius 1 is 1.27 bits per heavy atom. The number of aliphatic hydroxyl groups excluding tert-OH is 1. The molecule has 0 aliphatic carbocycles. The van der Waals surface area contributed by atoms with Crippen molar-refractivity contribution in [3.8, 4) is 0 Å². The van der Waals surface area contributed by atoms with E-state index < -0.39 is 24.7 Å². The summed E-state index contributed by atoms with van der Waals surface area (Å²) in [5.41, 5.74) is -0.533. The van der Waals surface area contributed by atoms with Gasteiger partial charge in [-0.3, -0.25) is 0 Å². The lowest BCUT2D eigenvalue weighted by atomic mass is 9.97. The summed E-state index contributed by atoms with van der Waals surface area (Å²) < 4.78 is 31.7. The number of alkyl halides is 2. The van der Waals surface area contributed by atoms with Crippen molar-refractivity contribution in [2.75, 3.05) is 13.2 Å². The quantitative estimate of drug-likeness (QED) is 0.833. The third-order valence-electron chi connectivity index (χ3n) is 4.22. The number of carbonyl (C=O) groups excluding carboxylic acids is 1. The third kappa shape index (κ3) is 4.29. The van der Waals surface area contributed by atoms with Crippen molar-refractivity contribution in [3.05, 3.63) is 0 Å². The van der Waals surface area contributed by atoms with Gasteiger partial charge in [-0.1, -0.05) is 0 Å². The van der Waals surface area contributed by atoms with Crippen LogP contribution in [-0.4, -0.2) is 58.9 Å². The van der Waals surface area contributed by atoms with E-state index in [2.05, 4.69) is 5.32 Å². The molecule has 0 saturated carbocycles. The Bertz CT molecular complexity index is 398. The highest BCUT2D eigenvalue weighted by Crippen LogP contribution is 2.37. The molecule has 0 aromatic carbocycles. The summed E-state index contributed by atoms with van der Waals surface area (Å²) in [5.74, 6) is -3.10. The molecule has 1 amide bonds. The molecule has 2 saturated heterocycles. The maximum absolute atomic E-state index is 13.1. The molecule has 5 nitrogen and oxygen atoms in total. The van der Waals surface area contributed by atoms with Crippen LogP contribution in [0, 0.1) is 0 Å². The standard InChI is InChI=1S/C15H26F2N2O3/c1-14(2,3)22-13(21)19-11-4-5-12(19)7-10(6-11)18-8-15(16,17)9-20/h10-12,18,20H,4-9H2,1-3H3. The highest BCUT2D eigenvalue weighted by Gasteiger charge is 2.45. The minimum absolute atomic E-state index is 0.0476. The molecule has 128 valence electrons. The van der Waals surface area contributed by atoms with Gasteiger partial charge in [-0.2, -0.15) is 0 Å². The Labute approximate surface area is 130 Å². The Kier molecular flexibility index (Phi) is 4.96. The smallest absolute Gasteiger partial charge is 0.410 e. The number of nitrogens with zero attached hydrogens (tertiary/aromatic N) is 1. The van der Waals surface area contributed by atoms with Crippen LogP contribution in [0.1, 0.15) is 46.5 Å². The fraction of sp³-hybridized carbons (Fsp3) is 0.933. The van der Waals surface area contributed by atoms with Gasteiger partial charge >= 0.3 is 6.09 Å². The van der Waals surface area contributed by atoms with Crippen LogP contribution < -0.4 is 5.32 Å². The number of fused-ring (bicyclic) bond motifs is 2. The molecule has 2 aliphatic heterocycles. The lowest BCUT2D eigenvalue weighted by molar-refractivity contribution is -0.0519. The van der Waals surface area contributed by atoms with Crippen LogP contribution >= 0.6 is 0 Å². The minimum atomic E-state index is -3.10. The number of halogens is 2. The molecule has 0 aromatic heterocycles. The molecule has 7 heteroatoms. The van der Waals surface area contributed by atoms with E-state index in [1.165, 1.54) is 0 Å². The average molecular weight is 320 g/mol. The number of nitrogens with one attached hydrogen (secondary N) is 1. The first kappa shape index (κ1) is 17.4. The minimum Gasteiger partial charge on any atom is -0.444 e. The van der Waals surface area contributed by atoms with Gasteiger partial charge in [0, 0.05) is 18.1 Å². The van der Waals surface area contributed by atoms with Gasteiger partial charge in [0.1, 0.15) is 12.2 Å². The molecule has 2 aliphatic rings. The zero-order chi connectivity index (χ0) is 16.5. The van der Waals surface area contributed by atoms with E-state index in [9.17, 15) is 13.6 Å². The van der Waals surface area contributed by atoms with Gasteiger partial charge in [0.15, 0.2) is 0 Å². The molecule has 2 unspecified atom stereocenters. The normalized spacial score (nSPS) is 28.8. The van der Waals surface area contributed by atoms with E-state index in [-0.39, 0.29) is 24.2 Å². The van der Waals surface area contributed by atoms with Crippen LogP contribution in [0.5, 0.6) is 0 Å². The largest absolute Gasteiger partial charge is 0.444 e. The first-order valence-corrected chi connectivity index (χ1v) is 7.85. The predicted octanol–water partition coefficient (Wildman–Crippen LogP) is 2.13. The third-order valence-corrected chi connectivity index (χ3v) is 4.22. The van der Waals surface area contributed by atoms with Crippen LogP contribution in [-0.2, 0) is 4.74 Å². The summed E-state index contributed by atoms with van der Waals surface area (Å²) in [6.45, 7) is 3.82. The number of aliphatic hydroxyl groups is 1. The zero-order valence-electron chi connectivity index (χ0n) is 13.4. The molecule has 2 rings (SSSR count). The SMILES string of the molecule is CC(C)(C)OC(=O)N1C2CCC1CC(NCC(F)(F)CO)C2. The Balaban J connectivity index is 1.90. The maximum atomic E-state index is 13.1. The van der Waals surface area contributed by atoms with Crippen LogP contribution in [0.2, 0.25) is 0 Å². The molecule has 2 fully saturated rings. The number of amides is 1. The van der Waals surface area contributed by atoms with Crippen molar-refractivity contribution < 1.29 is 23.4 Å². The first-order chi connectivity index (χ1) is 10.1. The lowest BCUT2D eigenvalue weighted by Gasteiger charge is -2.40. The van der Waals surface area contributed by atoms with Crippen molar-refractivity contribution in [1.82, 2.24) is 10.2 Å². The second-order valence-corrected chi connectivity index (χ2v) is 7.34. The van der Waals surface area contributed by atoms with Crippen LogP contribution in [0.25, 0.3) is 0 Å². The number of rotatable bonds is 4. The zero-order valence-corrected chi connectivity index (χ0v) is 13.4. The number of hydrogen-bond donors (Lipinski definition) is 2. The molecule has 0 aromatic rings. The highest BCUT2D eigenvalue weighted by atomic mass is 19.3. The molecule has 2 N–H and O–H groups in total. The van der Waals surface area contributed by atoms with Gasteiger partial charge in [0.25, 0.3) is 5.92 Å². The molecule has 2 bridgehead atoms.